The maximum absolute atomic E-state index is 5.74. The molecule has 1 aromatic heterocycles. The van der Waals surface area contributed by atoms with Crippen molar-refractivity contribution < 1.29 is 0 Å². The zero-order chi connectivity index (χ0) is 10.7. The molecular weight excluding hydrogens is 248 g/mol. The Bertz CT molecular complexity index is 456. The Morgan fingerprint density at radius 1 is 1.47 bits per heavy atom. The molecule has 5 heteroatoms. The highest BCUT2D eigenvalue weighted by Gasteiger charge is 2.00. The van der Waals surface area contributed by atoms with E-state index in [2.05, 4.69) is 28.7 Å². The van der Waals surface area contributed by atoms with Crippen molar-refractivity contribution in [2.45, 2.75) is 4.90 Å². The highest BCUT2D eigenvalue weighted by molar-refractivity contribution is 7.98. The molecule has 15 heavy (non-hydrogen) atoms. The number of nitrogens with one attached hydrogen (secondary N) is 1. The van der Waals surface area contributed by atoms with Crippen LogP contribution in [0.3, 0.4) is 0 Å². The second kappa shape index (κ2) is 4.88. The molecule has 2 rings (SSSR count). The van der Waals surface area contributed by atoms with Gasteiger partial charge in [0.05, 0.1) is 0 Å². The number of thiazole rings is 1. The predicted octanol–water partition coefficient (Wildman–Crippen LogP) is 4.26. The van der Waals surface area contributed by atoms with Gasteiger partial charge < -0.3 is 5.32 Å². The van der Waals surface area contributed by atoms with Gasteiger partial charge in [-0.3, -0.25) is 0 Å². The normalized spacial score (nSPS) is 10.3. The van der Waals surface area contributed by atoms with Gasteiger partial charge in [0.25, 0.3) is 0 Å². The van der Waals surface area contributed by atoms with Gasteiger partial charge in [-0.2, -0.15) is 0 Å². The minimum absolute atomic E-state index is 0.531. The standard InChI is InChI=1S/C10H9ClN2S2/c1-14-8-4-2-3-7(5-8)12-10-13-9(11)6-15-10/h2-6H,1H3,(H,12,13). The fraction of sp³-hybridized carbons (Fsp3) is 0.100. The summed E-state index contributed by atoms with van der Waals surface area (Å²) in [6, 6.07) is 8.18. The molecule has 1 aromatic carbocycles. The van der Waals surface area contributed by atoms with Gasteiger partial charge >= 0.3 is 0 Å². The van der Waals surface area contributed by atoms with E-state index in [0.29, 0.717) is 5.15 Å². The fourth-order valence-electron chi connectivity index (χ4n) is 1.14. The van der Waals surface area contributed by atoms with Crippen molar-refractivity contribution in [2.24, 2.45) is 0 Å². The summed E-state index contributed by atoms with van der Waals surface area (Å²) in [6.45, 7) is 0. The molecule has 0 spiro atoms. The van der Waals surface area contributed by atoms with Crippen LogP contribution in [0.5, 0.6) is 0 Å². The van der Waals surface area contributed by atoms with Crippen LogP contribution in [0.2, 0.25) is 5.15 Å². The number of hydrogen-bond donors (Lipinski definition) is 1. The third-order valence-electron chi connectivity index (χ3n) is 1.80. The minimum Gasteiger partial charge on any atom is -0.331 e. The van der Waals surface area contributed by atoms with Crippen molar-refractivity contribution in [1.82, 2.24) is 4.98 Å². The molecule has 0 unspecified atom stereocenters. The Balaban J connectivity index is 2.16. The summed E-state index contributed by atoms with van der Waals surface area (Å²) in [7, 11) is 0. The monoisotopic (exact) mass is 256 g/mol. The molecule has 0 amide bonds. The Morgan fingerprint density at radius 3 is 3.00 bits per heavy atom. The van der Waals surface area contributed by atoms with Crippen LogP contribution in [-0.4, -0.2) is 11.2 Å². The second-order valence-corrected chi connectivity index (χ2v) is 4.96. The zero-order valence-electron chi connectivity index (χ0n) is 8.03. The Hall–Kier alpha value is -0.710. The van der Waals surface area contributed by atoms with Crippen molar-refractivity contribution in [3.05, 3.63) is 34.8 Å². The zero-order valence-corrected chi connectivity index (χ0v) is 10.4. The summed E-state index contributed by atoms with van der Waals surface area (Å²) in [4.78, 5) is 5.35. The lowest BCUT2D eigenvalue weighted by atomic mass is 10.3. The van der Waals surface area contributed by atoms with E-state index >= 15 is 0 Å². The number of nitrogens with zero attached hydrogens (tertiary/aromatic N) is 1. The van der Waals surface area contributed by atoms with Crippen LogP contribution in [0.25, 0.3) is 0 Å². The SMILES string of the molecule is CSc1cccc(Nc2nc(Cl)cs2)c1. The van der Waals surface area contributed by atoms with Crippen molar-refractivity contribution in [2.75, 3.05) is 11.6 Å². The van der Waals surface area contributed by atoms with Gasteiger partial charge in [-0.25, -0.2) is 4.98 Å². The molecule has 0 bridgehead atoms. The molecule has 0 fully saturated rings. The van der Waals surface area contributed by atoms with E-state index < -0.39 is 0 Å². The lowest BCUT2D eigenvalue weighted by Gasteiger charge is -2.03. The first kappa shape index (κ1) is 10.8. The summed E-state index contributed by atoms with van der Waals surface area (Å²) >= 11 is 8.95. The van der Waals surface area contributed by atoms with Gasteiger partial charge in [-0.15, -0.1) is 23.1 Å². The van der Waals surface area contributed by atoms with Gasteiger partial charge in [0, 0.05) is 16.0 Å². The average Bonchev–Trinajstić information content (AvgIpc) is 2.64. The highest BCUT2D eigenvalue weighted by Crippen LogP contribution is 2.25. The van der Waals surface area contributed by atoms with Crippen molar-refractivity contribution in [3.8, 4) is 0 Å². The van der Waals surface area contributed by atoms with Crippen LogP contribution in [0.4, 0.5) is 10.8 Å². The van der Waals surface area contributed by atoms with E-state index in [1.807, 2.05) is 17.5 Å². The quantitative estimate of drug-likeness (QED) is 0.831. The number of anilines is 2. The largest absolute Gasteiger partial charge is 0.331 e. The number of hydrogen-bond acceptors (Lipinski definition) is 4. The summed E-state index contributed by atoms with van der Waals surface area (Å²) < 4.78 is 0. The van der Waals surface area contributed by atoms with Crippen LogP contribution in [0.1, 0.15) is 0 Å². The van der Waals surface area contributed by atoms with E-state index in [1.165, 1.54) is 16.2 Å². The maximum atomic E-state index is 5.74. The Morgan fingerprint density at radius 2 is 2.33 bits per heavy atom. The van der Waals surface area contributed by atoms with Crippen LogP contribution < -0.4 is 5.32 Å². The van der Waals surface area contributed by atoms with Gasteiger partial charge in [0.2, 0.25) is 0 Å². The predicted molar refractivity (Wildman–Crippen MR) is 68.6 cm³/mol. The number of rotatable bonds is 3. The average molecular weight is 257 g/mol. The topological polar surface area (TPSA) is 24.9 Å². The molecule has 0 atom stereocenters. The fourth-order valence-corrected chi connectivity index (χ4v) is 2.45. The molecule has 1 N–H and O–H groups in total. The van der Waals surface area contributed by atoms with E-state index in [0.717, 1.165) is 10.8 Å². The molecule has 0 saturated heterocycles. The third kappa shape index (κ3) is 2.87. The molecule has 0 aliphatic carbocycles. The summed E-state index contributed by atoms with van der Waals surface area (Å²) in [6.07, 6.45) is 2.05. The van der Waals surface area contributed by atoms with Gasteiger partial charge in [-0.05, 0) is 24.5 Å². The third-order valence-corrected chi connectivity index (χ3v) is 3.60. The summed E-state index contributed by atoms with van der Waals surface area (Å²) in [5.74, 6) is 0. The number of thioether (sulfide) groups is 1. The molecule has 0 aliphatic heterocycles. The molecule has 0 saturated carbocycles. The molecule has 1 heterocycles. The molecule has 2 nitrogen and oxygen atoms in total. The van der Waals surface area contributed by atoms with Crippen molar-refractivity contribution >= 4 is 45.5 Å². The number of benzene rings is 1. The highest BCUT2D eigenvalue weighted by atomic mass is 35.5. The maximum Gasteiger partial charge on any atom is 0.188 e. The first-order valence-corrected chi connectivity index (χ1v) is 6.78. The number of halogens is 1. The van der Waals surface area contributed by atoms with Crippen molar-refractivity contribution in [1.29, 1.82) is 0 Å². The molecular formula is C10H9ClN2S2. The first-order chi connectivity index (χ1) is 7.28. The van der Waals surface area contributed by atoms with Crippen molar-refractivity contribution in [3.63, 3.8) is 0 Å². The van der Waals surface area contributed by atoms with Gasteiger partial charge in [0.1, 0.15) is 5.15 Å². The molecule has 2 aromatic rings. The molecule has 0 aliphatic rings. The summed E-state index contributed by atoms with van der Waals surface area (Å²) in [5.41, 5.74) is 1.04. The Labute approximate surface area is 102 Å². The van der Waals surface area contributed by atoms with Crippen LogP contribution in [0, 0.1) is 0 Å². The van der Waals surface area contributed by atoms with E-state index in [1.54, 1.807) is 11.8 Å². The van der Waals surface area contributed by atoms with Crippen LogP contribution >= 0.6 is 34.7 Å². The second-order valence-electron chi connectivity index (χ2n) is 2.83. The van der Waals surface area contributed by atoms with Crippen LogP contribution in [-0.2, 0) is 0 Å². The molecule has 0 radical (unpaired) electrons. The van der Waals surface area contributed by atoms with E-state index in [9.17, 15) is 0 Å². The Kier molecular flexibility index (Phi) is 3.51. The smallest absolute Gasteiger partial charge is 0.188 e. The van der Waals surface area contributed by atoms with E-state index in [-0.39, 0.29) is 0 Å². The minimum atomic E-state index is 0.531. The van der Waals surface area contributed by atoms with E-state index in [4.69, 9.17) is 11.6 Å². The molecule has 78 valence electrons. The summed E-state index contributed by atoms with van der Waals surface area (Å²) in [5, 5.41) is 6.37. The first-order valence-electron chi connectivity index (χ1n) is 4.30. The lowest BCUT2D eigenvalue weighted by Crippen LogP contribution is -1.88. The van der Waals surface area contributed by atoms with Gasteiger partial charge in [-0.1, -0.05) is 17.7 Å². The van der Waals surface area contributed by atoms with Crippen LogP contribution in [0.15, 0.2) is 34.5 Å². The number of aromatic nitrogens is 1. The lowest BCUT2D eigenvalue weighted by molar-refractivity contribution is 1.37. The van der Waals surface area contributed by atoms with Gasteiger partial charge in [0.15, 0.2) is 5.13 Å².